The van der Waals surface area contributed by atoms with Gasteiger partial charge in [0.2, 0.25) is 5.88 Å². The molecule has 0 aliphatic carbocycles. The summed E-state index contributed by atoms with van der Waals surface area (Å²) in [7, 11) is 0. The van der Waals surface area contributed by atoms with Crippen molar-refractivity contribution in [1.82, 2.24) is 10.1 Å². The molecule has 9 heteroatoms. The highest BCUT2D eigenvalue weighted by Gasteiger charge is 2.28. The van der Waals surface area contributed by atoms with E-state index in [1.807, 2.05) is 31.2 Å². The second kappa shape index (κ2) is 12.7. The van der Waals surface area contributed by atoms with E-state index in [4.69, 9.17) is 18.7 Å². The Hall–Kier alpha value is -2.98. The quantitative estimate of drug-likeness (QED) is 0.402. The molecule has 3 heterocycles. The number of anilines is 1. The third kappa shape index (κ3) is 6.71. The largest absolute Gasteiger partial charge is 0.491 e. The Morgan fingerprint density at radius 1 is 1.13 bits per heavy atom. The molecule has 2 atom stereocenters. The molecule has 0 amide bonds. The van der Waals surface area contributed by atoms with E-state index in [1.54, 1.807) is 12.1 Å². The minimum Gasteiger partial charge on any atom is -0.491 e. The lowest BCUT2D eigenvalue weighted by molar-refractivity contribution is 0.0312. The summed E-state index contributed by atoms with van der Waals surface area (Å²) in [6, 6.07) is 14.1. The van der Waals surface area contributed by atoms with Gasteiger partial charge in [0, 0.05) is 44.9 Å². The van der Waals surface area contributed by atoms with Gasteiger partial charge < -0.3 is 28.7 Å². The molecule has 38 heavy (non-hydrogen) atoms. The van der Waals surface area contributed by atoms with E-state index in [9.17, 15) is 9.50 Å². The van der Waals surface area contributed by atoms with Crippen molar-refractivity contribution < 1.29 is 28.2 Å². The monoisotopic (exact) mass is 525 g/mol. The standard InChI is InChI=1S/C29H36FN3O5/c1-21-5-2-3-7-27(21)37-20-24(34)17-32(18-25-6-4-14-36-25)19-26-28(22-8-10-23(30)11-9-22)31-38-29(26)33-12-15-35-16-13-33/h2-3,5,7-11,24-25,34H,4,6,12-20H2,1H3/t24-,25-/m1/s1. The number of aliphatic hydroxyl groups is 1. The molecule has 0 radical (unpaired) electrons. The number of benzene rings is 2. The molecular formula is C29H36FN3O5. The number of morpholine rings is 1. The molecule has 8 nitrogen and oxygen atoms in total. The molecule has 2 aliphatic heterocycles. The van der Waals surface area contributed by atoms with Gasteiger partial charge in [0.1, 0.15) is 30.0 Å². The molecular weight excluding hydrogens is 489 g/mol. The molecule has 1 N–H and O–H groups in total. The zero-order valence-corrected chi connectivity index (χ0v) is 21.9. The van der Waals surface area contributed by atoms with Crippen molar-refractivity contribution in [3.63, 3.8) is 0 Å². The molecule has 0 spiro atoms. The molecule has 0 bridgehead atoms. The Bertz CT molecular complexity index is 1160. The molecule has 2 saturated heterocycles. The van der Waals surface area contributed by atoms with Crippen LogP contribution in [0.25, 0.3) is 11.3 Å². The number of aliphatic hydroxyl groups excluding tert-OH is 1. The van der Waals surface area contributed by atoms with Crippen molar-refractivity contribution in [3.05, 3.63) is 65.5 Å². The van der Waals surface area contributed by atoms with Crippen LogP contribution in [-0.2, 0) is 16.0 Å². The minimum atomic E-state index is -0.711. The number of nitrogens with zero attached hydrogens (tertiary/aromatic N) is 3. The first-order chi connectivity index (χ1) is 18.6. The van der Waals surface area contributed by atoms with Crippen LogP contribution in [0.4, 0.5) is 10.3 Å². The van der Waals surface area contributed by atoms with Gasteiger partial charge in [0.25, 0.3) is 0 Å². The zero-order chi connectivity index (χ0) is 26.3. The fourth-order valence-electron chi connectivity index (χ4n) is 5.05. The highest BCUT2D eigenvalue weighted by Crippen LogP contribution is 2.33. The molecule has 2 aromatic carbocycles. The average molecular weight is 526 g/mol. The summed E-state index contributed by atoms with van der Waals surface area (Å²) in [5, 5.41) is 15.4. The first-order valence-electron chi connectivity index (χ1n) is 13.3. The van der Waals surface area contributed by atoms with Crippen LogP contribution < -0.4 is 9.64 Å². The van der Waals surface area contributed by atoms with E-state index < -0.39 is 6.10 Å². The van der Waals surface area contributed by atoms with Crippen LogP contribution in [0.15, 0.2) is 53.1 Å². The number of ether oxygens (including phenoxy) is 3. The van der Waals surface area contributed by atoms with Crippen LogP contribution in [0.2, 0.25) is 0 Å². The normalized spacial score (nSPS) is 18.7. The predicted octanol–water partition coefficient (Wildman–Crippen LogP) is 4.05. The third-order valence-electron chi connectivity index (χ3n) is 7.04. The maximum Gasteiger partial charge on any atom is 0.232 e. The summed E-state index contributed by atoms with van der Waals surface area (Å²) in [6.45, 7) is 7.09. The van der Waals surface area contributed by atoms with Gasteiger partial charge in [0.05, 0.1) is 24.9 Å². The van der Waals surface area contributed by atoms with Crippen molar-refractivity contribution in [2.75, 3.05) is 57.5 Å². The maximum absolute atomic E-state index is 13.7. The molecule has 204 valence electrons. The summed E-state index contributed by atoms with van der Waals surface area (Å²) in [5.41, 5.74) is 3.39. The first kappa shape index (κ1) is 26.6. The molecule has 0 saturated carbocycles. The predicted molar refractivity (Wildman–Crippen MR) is 142 cm³/mol. The van der Waals surface area contributed by atoms with Crippen molar-refractivity contribution >= 4 is 5.88 Å². The topological polar surface area (TPSA) is 80.4 Å². The van der Waals surface area contributed by atoms with Crippen molar-refractivity contribution in [3.8, 4) is 17.0 Å². The Kier molecular flexibility index (Phi) is 8.90. The van der Waals surface area contributed by atoms with Crippen molar-refractivity contribution in [2.24, 2.45) is 0 Å². The molecule has 2 fully saturated rings. The summed E-state index contributed by atoms with van der Waals surface area (Å²) in [4.78, 5) is 4.33. The van der Waals surface area contributed by atoms with E-state index in [0.29, 0.717) is 57.5 Å². The maximum atomic E-state index is 13.7. The number of aromatic nitrogens is 1. The fourth-order valence-corrected chi connectivity index (χ4v) is 5.05. The number of aryl methyl sites for hydroxylation is 1. The lowest BCUT2D eigenvalue weighted by Gasteiger charge is -2.30. The van der Waals surface area contributed by atoms with Crippen LogP contribution >= 0.6 is 0 Å². The van der Waals surface area contributed by atoms with Crippen molar-refractivity contribution in [2.45, 2.75) is 38.5 Å². The Labute approximate surface area is 222 Å². The zero-order valence-electron chi connectivity index (χ0n) is 21.9. The smallest absolute Gasteiger partial charge is 0.232 e. The van der Waals surface area contributed by atoms with Gasteiger partial charge in [-0.15, -0.1) is 0 Å². The van der Waals surface area contributed by atoms with E-state index in [2.05, 4.69) is 15.0 Å². The van der Waals surface area contributed by atoms with E-state index >= 15 is 0 Å². The number of hydrogen-bond donors (Lipinski definition) is 1. The van der Waals surface area contributed by atoms with Gasteiger partial charge in [-0.05, 0) is 55.7 Å². The van der Waals surface area contributed by atoms with E-state index in [0.717, 1.165) is 41.9 Å². The van der Waals surface area contributed by atoms with E-state index in [-0.39, 0.29) is 18.5 Å². The van der Waals surface area contributed by atoms with Gasteiger partial charge in [-0.3, -0.25) is 4.90 Å². The Balaban J connectivity index is 1.38. The van der Waals surface area contributed by atoms with Crippen LogP contribution in [-0.4, -0.2) is 80.0 Å². The van der Waals surface area contributed by atoms with Gasteiger partial charge in [-0.25, -0.2) is 4.39 Å². The molecule has 5 rings (SSSR count). The number of para-hydroxylation sites is 1. The second-order valence-electron chi connectivity index (χ2n) is 9.98. The molecule has 0 unspecified atom stereocenters. The van der Waals surface area contributed by atoms with E-state index in [1.165, 1.54) is 12.1 Å². The number of rotatable bonds is 11. The molecule has 3 aromatic rings. The SMILES string of the molecule is Cc1ccccc1OC[C@H](O)CN(Cc1c(-c2ccc(F)cc2)noc1N1CCOCC1)C[C@H]1CCCO1. The molecule has 1 aromatic heterocycles. The number of hydrogen-bond acceptors (Lipinski definition) is 8. The Morgan fingerprint density at radius 3 is 2.66 bits per heavy atom. The van der Waals surface area contributed by atoms with Gasteiger partial charge in [0.15, 0.2) is 0 Å². The van der Waals surface area contributed by atoms with Crippen LogP contribution in [0.5, 0.6) is 5.75 Å². The summed E-state index contributed by atoms with van der Waals surface area (Å²) >= 11 is 0. The molecule has 2 aliphatic rings. The fraction of sp³-hybridized carbons (Fsp3) is 0.483. The summed E-state index contributed by atoms with van der Waals surface area (Å²) in [5.74, 6) is 1.16. The summed E-state index contributed by atoms with van der Waals surface area (Å²) in [6.07, 6.45) is 1.40. The Morgan fingerprint density at radius 2 is 1.92 bits per heavy atom. The number of halogens is 1. The lowest BCUT2D eigenvalue weighted by atomic mass is 10.1. The highest BCUT2D eigenvalue weighted by molar-refractivity contribution is 5.68. The van der Waals surface area contributed by atoms with Crippen LogP contribution in [0, 0.1) is 12.7 Å². The second-order valence-corrected chi connectivity index (χ2v) is 9.98. The van der Waals surface area contributed by atoms with Gasteiger partial charge in [-0.1, -0.05) is 23.4 Å². The van der Waals surface area contributed by atoms with Crippen molar-refractivity contribution in [1.29, 1.82) is 0 Å². The van der Waals surface area contributed by atoms with Crippen LogP contribution in [0.1, 0.15) is 24.0 Å². The summed E-state index contributed by atoms with van der Waals surface area (Å²) < 4.78 is 37.0. The third-order valence-corrected chi connectivity index (χ3v) is 7.04. The van der Waals surface area contributed by atoms with Crippen LogP contribution in [0.3, 0.4) is 0 Å². The lowest BCUT2D eigenvalue weighted by Crippen LogP contribution is -2.40. The first-order valence-corrected chi connectivity index (χ1v) is 13.3. The van der Waals surface area contributed by atoms with Gasteiger partial charge in [-0.2, -0.15) is 0 Å². The average Bonchev–Trinajstić information content (AvgIpc) is 3.59. The van der Waals surface area contributed by atoms with Gasteiger partial charge >= 0.3 is 0 Å². The minimum absolute atomic E-state index is 0.0976. The highest BCUT2D eigenvalue weighted by atomic mass is 19.1.